The Balaban J connectivity index is 1.86. The molecule has 0 bridgehead atoms. The van der Waals surface area contributed by atoms with E-state index in [0.717, 1.165) is 11.3 Å². The second kappa shape index (κ2) is 6.22. The van der Waals surface area contributed by atoms with E-state index < -0.39 is 0 Å². The van der Waals surface area contributed by atoms with Crippen molar-refractivity contribution in [2.45, 2.75) is 19.9 Å². The predicted molar refractivity (Wildman–Crippen MR) is 70.6 cm³/mol. The Morgan fingerprint density at radius 2 is 2.37 bits per heavy atom. The largest absolute Gasteiger partial charge is 0.494 e. The van der Waals surface area contributed by atoms with Crippen LogP contribution in [0.2, 0.25) is 0 Å². The Kier molecular flexibility index (Phi) is 4.39. The normalized spacial score (nSPS) is 17.9. The minimum absolute atomic E-state index is 0.0570. The number of benzene rings is 1. The standard InChI is InChI=1S/C14H18N2O3/c1-2-19-12-5-3-4-10(6-12)8-16-14(18)11-7-13(17)15-9-11/h3-6,11H,2,7-9H2,1H3,(H,15,17)(H,16,18). The van der Waals surface area contributed by atoms with Crippen molar-refractivity contribution in [3.8, 4) is 5.75 Å². The van der Waals surface area contributed by atoms with Crippen LogP contribution in [0.5, 0.6) is 5.75 Å². The second-order valence-electron chi connectivity index (χ2n) is 4.50. The molecule has 1 aromatic carbocycles. The van der Waals surface area contributed by atoms with Crippen LogP contribution in [-0.2, 0) is 16.1 Å². The Labute approximate surface area is 112 Å². The van der Waals surface area contributed by atoms with E-state index in [0.29, 0.717) is 19.7 Å². The first-order valence-corrected chi connectivity index (χ1v) is 6.45. The van der Waals surface area contributed by atoms with E-state index in [2.05, 4.69) is 10.6 Å². The van der Waals surface area contributed by atoms with Crippen molar-refractivity contribution >= 4 is 11.8 Å². The molecule has 0 aromatic heterocycles. The molecule has 2 rings (SSSR count). The summed E-state index contributed by atoms with van der Waals surface area (Å²) in [6.07, 6.45) is 0.283. The number of carbonyl (C=O) groups excluding carboxylic acids is 2. The van der Waals surface area contributed by atoms with Gasteiger partial charge in [-0.05, 0) is 24.6 Å². The van der Waals surface area contributed by atoms with Crippen LogP contribution < -0.4 is 15.4 Å². The molecule has 2 N–H and O–H groups in total. The average molecular weight is 262 g/mol. The number of ether oxygens (including phenoxy) is 1. The topological polar surface area (TPSA) is 67.4 Å². The van der Waals surface area contributed by atoms with Crippen LogP contribution in [0.4, 0.5) is 0 Å². The zero-order chi connectivity index (χ0) is 13.7. The van der Waals surface area contributed by atoms with Crippen LogP contribution in [0.15, 0.2) is 24.3 Å². The molecule has 0 saturated carbocycles. The van der Waals surface area contributed by atoms with Crippen molar-refractivity contribution in [1.82, 2.24) is 10.6 Å². The Bertz CT molecular complexity index is 474. The highest BCUT2D eigenvalue weighted by molar-refractivity contribution is 5.89. The number of hydrogen-bond acceptors (Lipinski definition) is 3. The zero-order valence-electron chi connectivity index (χ0n) is 10.9. The first-order valence-electron chi connectivity index (χ1n) is 6.45. The van der Waals surface area contributed by atoms with Gasteiger partial charge in [0.15, 0.2) is 0 Å². The second-order valence-corrected chi connectivity index (χ2v) is 4.50. The molecule has 2 amide bonds. The smallest absolute Gasteiger partial charge is 0.225 e. The van der Waals surface area contributed by atoms with Crippen LogP contribution in [0, 0.1) is 5.92 Å². The molecule has 1 atom stereocenters. The van der Waals surface area contributed by atoms with E-state index in [4.69, 9.17) is 4.74 Å². The number of hydrogen-bond donors (Lipinski definition) is 2. The van der Waals surface area contributed by atoms with Crippen LogP contribution in [0.1, 0.15) is 18.9 Å². The lowest BCUT2D eigenvalue weighted by Gasteiger charge is -2.10. The molecule has 5 heteroatoms. The fourth-order valence-electron chi connectivity index (χ4n) is 2.04. The quantitative estimate of drug-likeness (QED) is 0.826. The van der Waals surface area contributed by atoms with Crippen molar-refractivity contribution in [2.24, 2.45) is 5.92 Å². The van der Waals surface area contributed by atoms with Crippen LogP contribution in [0.25, 0.3) is 0 Å². The fraction of sp³-hybridized carbons (Fsp3) is 0.429. The summed E-state index contributed by atoms with van der Waals surface area (Å²) in [5.41, 5.74) is 0.983. The first kappa shape index (κ1) is 13.4. The summed E-state index contributed by atoms with van der Waals surface area (Å²) in [7, 11) is 0. The molecule has 0 radical (unpaired) electrons. The van der Waals surface area contributed by atoms with E-state index in [1.807, 2.05) is 31.2 Å². The number of nitrogens with one attached hydrogen (secondary N) is 2. The van der Waals surface area contributed by atoms with Gasteiger partial charge in [-0.15, -0.1) is 0 Å². The van der Waals surface area contributed by atoms with Crippen LogP contribution >= 0.6 is 0 Å². The molecule has 102 valence electrons. The maximum absolute atomic E-state index is 11.8. The fourth-order valence-corrected chi connectivity index (χ4v) is 2.04. The van der Waals surface area contributed by atoms with Crippen molar-refractivity contribution < 1.29 is 14.3 Å². The molecule has 5 nitrogen and oxygen atoms in total. The van der Waals surface area contributed by atoms with Gasteiger partial charge in [-0.1, -0.05) is 12.1 Å². The maximum Gasteiger partial charge on any atom is 0.225 e. The zero-order valence-corrected chi connectivity index (χ0v) is 10.9. The van der Waals surface area contributed by atoms with Crippen molar-refractivity contribution in [2.75, 3.05) is 13.2 Å². The van der Waals surface area contributed by atoms with Gasteiger partial charge in [0.2, 0.25) is 11.8 Å². The minimum atomic E-state index is -0.248. The van der Waals surface area contributed by atoms with Gasteiger partial charge in [-0.2, -0.15) is 0 Å². The third kappa shape index (κ3) is 3.71. The van der Waals surface area contributed by atoms with Gasteiger partial charge in [0.1, 0.15) is 5.75 Å². The lowest BCUT2D eigenvalue weighted by molar-refractivity contribution is -0.126. The molecule has 0 spiro atoms. The summed E-state index contributed by atoms with van der Waals surface area (Å²) in [5, 5.41) is 5.50. The SMILES string of the molecule is CCOc1cccc(CNC(=O)C2CNC(=O)C2)c1. The van der Waals surface area contributed by atoms with Gasteiger partial charge in [-0.3, -0.25) is 9.59 Å². The highest BCUT2D eigenvalue weighted by Gasteiger charge is 2.27. The molecule has 1 aliphatic rings. The molecule has 1 fully saturated rings. The predicted octanol–water partition coefficient (Wildman–Crippen LogP) is 0.838. The monoisotopic (exact) mass is 262 g/mol. The molecule has 0 aliphatic carbocycles. The summed E-state index contributed by atoms with van der Waals surface area (Å²) in [4.78, 5) is 22.9. The van der Waals surface area contributed by atoms with E-state index >= 15 is 0 Å². The van der Waals surface area contributed by atoms with Crippen LogP contribution in [0.3, 0.4) is 0 Å². The third-order valence-electron chi connectivity index (χ3n) is 3.02. The summed E-state index contributed by atoms with van der Waals surface area (Å²) in [5.74, 6) is 0.410. The summed E-state index contributed by atoms with van der Waals surface area (Å²) >= 11 is 0. The van der Waals surface area contributed by atoms with Gasteiger partial charge in [0.25, 0.3) is 0 Å². The molecule has 1 aliphatic heterocycles. The van der Waals surface area contributed by atoms with Gasteiger partial charge in [0, 0.05) is 19.5 Å². The van der Waals surface area contributed by atoms with E-state index in [1.54, 1.807) is 0 Å². The summed E-state index contributed by atoms with van der Waals surface area (Å²) < 4.78 is 5.40. The van der Waals surface area contributed by atoms with Crippen molar-refractivity contribution in [1.29, 1.82) is 0 Å². The number of rotatable bonds is 5. The molecule has 19 heavy (non-hydrogen) atoms. The highest BCUT2D eigenvalue weighted by Crippen LogP contribution is 2.14. The van der Waals surface area contributed by atoms with Gasteiger partial charge in [-0.25, -0.2) is 0 Å². The molecule has 1 heterocycles. The lowest BCUT2D eigenvalue weighted by Crippen LogP contribution is -2.31. The van der Waals surface area contributed by atoms with Crippen molar-refractivity contribution in [3.05, 3.63) is 29.8 Å². The Morgan fingerprint density at radius 1 is 1.53 bits per heavy atom. The van der Waals surface area contributed by atoms with E-state index in [9.17, 15) is 9.59 Å². The molecular formula is C14H18N2O3. The van der Waals surface area contributed by atoms with Gasteiger partial charge >= 0.3 is 0 Å². The third-order valence-corrected chi connectivity index (χ3v) is 3.02. The number of carbonyl (C=O) groups is 2. The molecule has 1 unspecified atom stereocenters. The molecule has 1 aromatic rings. The average Bonchev–Trinajstić information content (AvgIpc) is 2.84. The van der Waals surface area contributed by atoms with Gasteiger partial charge in [0.05, 0.1) is 12.5 Å². The van der Waals surface area contributed by atoms with Crippen LogP contribution in [-0.4, -0.2) is 25.0 Å². The Morgan fingerprint density at radius 3 is 3.05 bits per heavy atom. The number of amides is 2. The van der Waals surface area contributed by atoms with E-state index in [1.165, 1.54) is 0 Å². The van der Waals surface area contributed by atoms with Crippen molar-refractivity contribution in [3.63, 3.8) is 0 Å². The van der Waals surface area contributed by atoms with E-state index in [-0.39, 0.29) is 24.2 Å². The lowest BCUT2D eigenvalue weighted by atomic mass is 10.1. The maximum atomic E-state index is 11.8. The Hall–Kier alpha value is -2.04. The highest BCUT2D eigenvalue weighted by atomic mass is 16.5. The first-order chi connectivity index (χ1) is 9.19. The summed E-state index contributed by atoms with van der Waals surface area (Å²) in [6.45, 7) is 3.43. The molecule has 1 saturated heterocycles. The minimum Gasteiger partial charge on any atom is -0.494 e. The van der Waals surface area contributed by atoms with Gasteiger partial charge < -0.3 is 15.4 Å². The molecular weight excluding hydrogens is 244 g/mol. The summed E-state index contributed by atoms with van der Waals surface area (Å²) in [6, 6.07) is 7.62.